The first-order valence-electron chi connectivity index (χ1n) is 8.22. The molecular weight excluding hydrogens is 368 g/mol. The topological polar surface area (TPSA) is 112 Å². The number of rotatable bonds is 7. The van der Waals surface area contributed by atoms with Crippen molar-refractivity contribution in [3.8, 4) is 11.8 Å². The largest absolute Gasteiger partial charge is 0.482 e. The summed E-state index contributed by atoms with van der Waals surface area (Å²) in [6.45, 7) is 5.14. The Morgan fingerprint density at radius 1 is 1.26 bits per heavy atom. The van der Waals surface area contributed by atoms with Gasteiger partial charge < -0.3 is 19.9 Å². The molecule has 0 bridgehead atoms. The van der Waals surface area contributed by atoms with Crippen LogP contribution in [-0.4, -0.2) is 25.2 Å². The van der Waals surface area contributed by atoms with Crippen molar-refractivity contribution in [2.24, 2.45) is 0 Å². The molecule has 7 nitrogen and oxygen atoms in total. The Balaban J connectivity index is 2.05. The number of ether oxygens (including phenoxy) is 3. The Kier molecular flexibility index (Phi) is 6.79. The average Bonchev–Trinajstić information content (AvgIpc) is 2.97. The van der Waals surface area contributed by atoms with Crippen molar-refractivity contribution in [3.05, 3.63) is 45.3 Å². The molecule has 0 aliphatic carbocycles. The molecule has 0 atom stereocenters. The maximum absolute atomic E-state index is 12.0. The Morgan fingerprint density at radius 3 is 2.67 bits per heavy atom. The van der Waals surface area contributed by atoms with Crippen molar-refractivity contribution in [2.75, 3.05) is 18.9 Å². The summed E-state index contributed by atoms with van der Waals surface area (Å²) < 4.78 is 15.6. The average molecular weight is 388 g/mol. The highest BCUT2D eigenvalue weighted by molar-refractivity contribution is 7.18. The minimum atomic E-state index is -0.626. The lowest BCUT2D eigenvalue weighted by Crippen LogP contribution is -2.16. The first-order chi connectivity index (χ1) is 12.9. The van der Waals surface area contributed by atoms with Gasteiger partial charge in [0.25, 0.3) is 0 Å². The molecule has 1 aromatic carbocycles. The zero-order chi connectivity index (χ0) is 20.0. The standard InChI is InChI=1S/C19H20N2O5S/c1-4-24-19(23)17-14(13(8-20)18(21)27-17)9-26-16(22)10-25-15-7-5-6-11(2)12(15)3/h5-7H,4,9-10,21H2,1-3H3. The molecule has 0 amide bonds. The van der Waals surface area contributed by atoms with Crippen LogP contribution in [-0.2, 0) is 20.9 Å². The van der Waals surface area contributed by atoms with Crippen LogP contribution < -0.4 is 10.5 Å². The highest BCUT2D eigenvalue weighted by atomic mass is 32.1. The number of carbonyl (C=O) groups excluding carboxylic acids is 2. The van der Waals surface area contributed by atoms with Gasteiger partial charge in [0, 0.05) is 5.56 Å². The molecular formula is C19H20N2O5S. The number of benzene rings is 1. The number of nitriles is 1. The summed E-state index contributed by atoms with van der Waals surface area (Å²) in [7, 11) is 0. The number of thiophene rings is 1. The van der Waals surface area contributed by atoms with Crippen LogP contribution in [0.3, 0.4) is 0 Å². The van der Waals surface area contributed by atoms with Gasteiger partial charge >= 0.3 is 11.9 Å². The second-order valence-corrected chi connectivity index (χ2v) is 6.68. The number of hydrogen-bond donors (Lipinski definition) is 1. The SMILES string of the molecule is CCOC(=O)c1sc(N)c(C#N)c1COC(=O)COc1cccc(C)c1C. The molecule has 1 aromatic heterocycles. The number of aryl methyl sites for hydroxylation is 1. The van der Waals surface area contributed by atoms with Crippen LogP contribution in [0.5, 0.6) is 5.75 Å². The predicted octanol–water partition coefficient (Wildman–Crippen LogP) is 3.12. The van der Waals surface area contributed by atoms with Crippen LogP contribution in [0.25, 0.3) is 0 Å². The molecule has 0 aliphatic rings. The predicted molar refractivity (Wildman–Crippen MR) is 101 cm³/mol. The molecule has 2 N–H and O–H groups in total. The number of hydrogen-bond acceptors (Lipinski definition) is 8. The summed E-state index contributed by atoms with van der Waals surface area (Å²) in [4.78, 5) is 24.2. The van der Waals surface area contributed by atoms with E-state index < -0.39 is 11.9 Å². The molecule has 0 unspecified atom stereocenters. The normalized spacial score (nSPS) is 10.1. The molecule has 0 spiro atoms. The minimum Gasteiger partial charge on any atom is -0.482 e. The molecule has 27 heavy (non-hydrogen) atoms. The fourth-order valence-electron chi connectivity index (χ4n) is 2.32. The Morgan fingerprint density at radius 2 is 2.00 bits per heavy atom. The van der Waals surface area contributed by atoms with Gasteiger partial charge in [-0.25, -0.2) is 9.59 Å². The number of nitrogen functional groups attached to an aromatic ring is 1. The van der Waals surface area contributed by atoms with Gasteiger partial charge in [-0.3, -0.25) is 0 Å². The highest BCUT2D eigenvalue weighted by Gasteiger charge is 2.24. The van der Waals surface area contributed by atoms with Crippen molar-refractivity contribution in [1.82, 2.24) is 0 Å². The van der Waals surface area contributed by atoms with Crippen LogP contribution in [0, 0.1) is 25.2 Å². The summed E-state index contributed by atoms with van der Waals surface area (Å²) in [6.07, 6.45) is 0. The highest BCUT2D eigenvalue weighted by Crippen LogP contribution is 2.32. The van der Waals surface area contributed by atoms with Gasteiger partial charge in [0.1, 0.15) is 28.3 Å². The van der Waals surface area contributed by atoms with Gasteiger partial charge in [-0.05, 0) is 38.0 Å². The molecule has 0 radical (unpaired) electrons. The maximum Gasteiger partial charge on any atom is 0.348 e. The number of carbonyl (C=O) groups is 2. The van der Waals surface area contributed by atoms with Crippen molar-refractivity contribution < 1.29 is 23.8 Å². The third-order valence-electron chi connectivity index (χ3n) is 3.88. The molecule has 142 valence electrons. The van der Waals surface area contributed by atoms with E-state index in [4.69, 9.17) is 19.9 Å². The van der Waals surface area contributed by atoms with Crippen molar-refractivity contribution >= 4 is 28.3 Å². The molecule has 2 aromatic rings. The number of nitrogens with zero attached hydrogens (tertiary/aromatic N) is 1. The fourth-order valence-corrected chi connectivity index (χ4v) is 3.24. The molecule has 0 saturated carbocycles. The van der Waals surface area contributed by atoms with Crippen LogP contribution >= 0.6 is 11.3 Å². The summed E-state index contributed by atoms with van der Waals surface area (Å²) in [5.41, 5.74) is 8.13. The van der Waals surface area contributed by atoms with Crippen LogP contribution in [0.4, 0.5) is 5.00 Å². The Bertz CT molecular complexity index is 898. The van der Waals surface area contributed by atoms with Crippen LogP contribution in [0.15, 0.2) is 18.2 Å². The zero-order valence-corrected chi connectivity index (χ0v) is 16.1. The van der Waals surface area contributed by atoms with E-state index in [1.54, 1.807) is 13.0 Å². The molecule has 0 saturated heterocycles. The van der Waals surface area contributed by atoms with Gasteiger partial charge in [0.15, 0.2) is 6.61 Å². The van der Waals surface area contributed by atoms with E-state index in [0.717, 1.165) is 22.5 Å². The van der Waals surface area contributed by atoms with Gasteiger partial charge in [-0.1, -0.05) is 12.1 Å². The monoisotopic (exact) mass is 388 g/mol. The lowest BCUT2D eigenvalue weighted by molar-refractivity contribution is -0.147. The van der Waals surface area contributed by atoms with Gasteiger partial charge in [-0.2, -0.15) is 5.26 Å². The van der Waals surface area contributed by atoms with Crippen molar-refractivity contribution in [1.29, 1.82) is 5.26 Å². The number of nitrogens with two attached hydrogens (primary N) is 1. The third kappa shape index (κ3) is 4.77. The summed E-state index contributed by atoms with van der Waals surface area (Å²) >= 11 is 0.937. The lowest BCUT2D eigenvalue weighted by Gasteiger charge is -2.11. The molecule has 8 heteroatoms. The summed E-state index contributed by atoms with van der Waals surface area (Å²) in [5.74, 6) is -0.635. The zero-order valence-electron chi connectivity index (χ0n) is 15.3. The van der Waals surface area contributed by atoms with Crippen molar-refractivity contribution in [3.63, 3.8) is 0 Å². The summed E-state index contributed by atoms with van der Waals surface area (Å²) in [6, 6.07) is 7.48. The maximum atomic E-state index is 12.0. The van der Waals surface area contributed by atoms with E-state index in [0.29, 0.717) is 5.75 Å². The molecule has 0 aliphatic heterocycles. The van der Waals surface area contributed by atoms with Crippen LogP contribution in [0.1, 0.15) is 38.8 Å². The van der Waals surface area contributed by atoms with E-state index in [2.05, 4.69) is 0 Å². The Labute approximate surface area is 161 Å². The molecule has 0 fully saturated rings. The lowest BCUT2D eigenvalue weighted by atomic mass is 10.1. The Hall–Kier alpha value is -3.05. The second-order valence-electron chi connectivity index (χ2n) is 5.63. The van der Waals surface area contributed by atoms with Gasteiger partial charge in [0.05, 0.1) is 12.2 Å². The number of esters is 2. The molecule has 1 heterocycles. The smallest absolute Gasteiger partial charge is 0.348 e. The summed E-state index contributed by atoms with van der Waals surface area (Å²) in [5, 5.41) is 9.44. The van der Waals surface area contributed by atoms with E-state index in [9.17, 15) is 14.9 Å². The first kappa shape index (κ1) is 20.3. The molecule has 2 rings (SSSR count). The van der Waals surface area contributed by atoms with E-state index in [1.165, 1.54) is 0 Å². The number of anilines is 1. The van der Waals surface area contributed by atoms with E-state index in [1.807, 2.05) is 32.0 Å². The fraction of sp³-hybridized carbons (Fsp3) is 0.316. The third-order valence-corrected chi connectivity index (χ3v) is 4.93. The minimum absolute atomic E-state index is 0.117. The van der Waals surface area contributed by atoms with Gasteiger partial charge in [-0.15, -0.1) is 11.3 Å². The van der Waals surface area contributed by atoms with Crippen LogP contribution in [0.2, 0.25) is 0 Å². The van der Waals surface area contributed by atoms with Gasteiger partial charge in [0.2, 0.25) is 0 Å². The van der Waals surface area contributed by atoms with E-state index >= 15 is 0 Å². The first-order valence-corrected chi connectivity index (χ1v) is 9.03. The second kappa shape index (κ2) is 9.05. The van der Waals surface area contributed by atoms with E-state index in [-0.39, 0.29) is 40.8 Å². The quantitative estimate of drug-likeness (QED) is 0.725. The van der Waals surface area contributed by atoms with Crippen molar-refractivity contribution in [2.45, 2.75) is 27.4 Å².